The molecule has 3 nitrogen and oxygen atoms in total. The molecule has 0 radical (unpaired) electrons. The van der Waals surface area contributed by atoms with Crippen molar-refractivity contribution in [3.63, 3.8) is 0 Å². The van der Waals surface area contributed by atoms with Crippen molar-refractivity contribution in [3.8, 4) is 0 Å². The first-order chi connectivity index (χ1) is 10.9. The molecule has 2 bridgehead atoms. The van der Waals surface area contributed by atoms with Crippen LogP contribution in [0.3, 0.4) is 0 Å². The molecule has 0 N–H and O–H groups in total. The zero-order valence-electron chi connectivity index (χ0n) is 12.7. The fourth-order valence-electron chi connectivity index (χ4n) is 4.67. The van der Waals surface area contributed by atoms with Crippen LogP contribution in [0.4, 0.5) is 26.3 Å². The third kappa shape index (κ3) is 2.19. The van der Waals surface area contributed by atoms with Crippen LogP contribution in [0.5, 0.6) is 0 Å². The molecule has 3 aliphatic rings. The lowest BCUT2D eigenvalue weighted by molar-refractivity contribution is -0.386. The van der Waals surface area contributed by atoms with Gasteiger partial charge in [0, 0.05) is 17.4 Å². The summed E-state index contributed by atoms with van der Waals surface area (Å²) in [6.07, 6.45) is -11.9. The van der Waals surface area contributed by atoms with Gasteiger partial charge in [-0.15, -0.1) is 0 Å². The van der Waals surface area contributed by atoms with Gasteiger partial charge in [-0.2, -0.15) is 26.3 Å². The minimum atomic E-state index is -5.58. The van der Waals surface area contributed by atoms with Crippen molar-refractivity contribution < 1.29 is 40.6 Å². The van der Waals surface area contributed by atoms with Crippen LogP contribution in [0.15, 0.2) is 12.2 Å². The van der Waals surface area contributed by atoms with Gasteiger partial charge >= 0.3 is 18.3 Å². The second kappa shape index (κ2) is 5.12. The lowest BCUT2D eigenvalue weighted by Gasteiger charge is -2.39. The molecular formula is C15H16F6O3. The fourth-order valence-corrected chi connectivity index (χ4v) is 4.67. The Balaban J connectivity index is 1.94. The second-order valence-electron chi connectivity index (χ2n) is 6.85. The smallest absolute Gasteiger partial charge is 0.426 e. The summed E-state index contributed by atoms with van der Waals surface area (Å²) in [4.78, 5) is 11.5. The molecule has 0 spiro atoms. The Kier molecular flexibility index (Phi) is 3.75. The van der Waals surface area contributed by atoms with Crippen LogP contribution in [0.2, 0.25) is 0 Å². The first kappa shape index (κ1) is 17.6. The summed E-state index contributed by atoms with van der Waals surface area (Å²) >= 11 is 0. The molecule has 136 valence electrons. The standard InChI is InChI=1S/C15H16F6O3/c1-6(2)12(22)23-5-9-7-3-8-10(4-7)24-13(11(8)9,14(16,17)18)15(19,20)21/h7-11H,1,3-5H2,2H3. The van der Waals surface area contributed by atoms with E-state index in [2.05, 4.69) is 11.3 Å². The second-order valence-corrected chi connectivity index (χ2v) is 6.85. The maximum Gasteiger partial charge on any atom is 0.426 e. The first-order valence-electron chi connectivity index (χ1n) is 7.54. The van der Waals surface area contributed by atoms with Gasteiger partial charge in [-0.1, -0.05) is 6.58 Å². The summed E-state index contributed by atoms with van der Waals surface area (Å²) in [5, 5.41) is 0. The minimum Gasteiger partial charge on any atom is -0.462 e. The number of carbonyl (C=O) groups excluding carboxylic acids is 1. The van der Waals surface area contributed by atoms with E-state index in [0.717, 1.165) is 0 Å². The fraction of sp³-hybridized carbons (Fsp3) is 0.800. The maximum atomic E-state index is 13.5. The van der Waals surface area contributed by atoms with Crippen molar-refractivity contribution in [2.75, 3.05) is 6.61 Å². The number of rotatable bonds is 3. The molecule has 0 amide bonds. The molecular weight excluding hydrogens is 342 g/mol. The predicted molar refractivity (Wildman–Crippen MR) is 68.7 cm³/mol. The minimum absolute atomic E-state index is 0.0385. The topological polar surface area (TPSA) is 35.5 Å². The summed E-state index contributed by atoms with van der Waals surface area (Å²) in [6, 6.07) is 0. The summed E-state index contributed by atoms with van der Waals surface area (Å²) < 4.78 is 90.4. The van der Waals surface area contributed by atoms with Gasteiger partial charge in [-0.3, -0.25) is 0 Å². The molecule has 24 heavy (non-hydrogen) atoms. The lowest BCUT2D eigenvalue weighted by atomic mass is 9.71. The molecule has 1 heterocycles. The average molecular weight is 358 g/mol. The number of esters is 1. The number of hydrogen-bond donors (Lipinski definition) is 0. The molecule has 0 aromatic carbocycles. The summed E-state index contributed by atoms with van der Waals surface area (Å²) in [7, 11) is 0. The van der Waals surface area contributed by atoms with Crippen molar-refractivity contribution in [1.29, 1.82) is 0 Å². The number of fused-ring (bicyclic) bond motifs is 1. The molecule has 1 saturated heterocycles. The summed E-state index contributed by atoms with van der Waals surface area (Å²) in [6.45, 7) is 4.21. The zero-order chi connectivity index (χ0) is 18.1. The van der Waals surface area contributed by atoms with Crippen molar-refractivity contribution in [2.24, 2.45) is 23.7 Å². The van der Waals surface area contributed by atoms with E-state index < -0.39 is 54.4 Å². The van der Waals surface area contributed by atoms with Crippen LogP contribution in [-0.4, -0.2) is 36.6 Å². The summed E-state index contributed by atoms with van der Waals surface area (Å²) in [5.41, 5.74) is -4.14. The number of halogens is 6. The highest BCUT2D eigenvalue weighted by Crippen LogP contribution is 2.69. The third-order valence-electron chi connectivity index (χ3n) is 5.52. The van der Waals surface area contributed by atoms with Crippen molar-refractivity contribution in [1.82, 2.24) is 0 Å². The van der Waals surface area contributed by atoms with Crippen LogP contribution >= 0.6 is 0 Å². The average Bonchev–Trinajstić information content (AvgIpc) is 3.00. The van der Waals surface area contributed by atoms with E-state index in [1.165, 1.54) is 6.92 Å². The van der Waals surface area contributed by atoms with E-state index in [1.807, 2.05) is 0 Å². The van der Waals surface area contributed by atoms with Crippen LogP contribution in [-0.2, 0) is 14.3 Å². The number of carbonyl (C=O) groups is 1. The molecule has 9 heteroatoms. The summed E-state index contributed by atoms with van der Waals surface area (Å²) in [5.74, 6) is -4.81. The first-order valence-corrected chi connectivity index (χ1v) is 7.54. The highest BCUT2D eigenvalue weighted by atomic mass is 19.4. The molecule has 3 rings (SSSR count). The molecule has 2 aliphatic carbocycles. The predicted octanol–water partition coefficient (Wildman–Crippen LogP) is 3.64. The molecule has 5 atom stereocenters. The molecule has 3 fully saturated rings. The van der Waals surface area contributed by atoms with Gasteiger partial charge in [0.1, 0.15) is 0 Å². The monoisotopic (exact) mass is 358 g/mol. The van der Waals surface area contributed by atoms with Crippen LogP contribution < -0.4 is 0 Å². The van der Waals surface area contributed by atoms with E-state index >= 15 is 0 Å². The van der Waals surface area contributed by atoms with Crippen LogP contribution in [0.1, 0.15) is 19.8 Å². The molecule has 5 unspecified atom stereocenters. The van der Waals surface area contributed by atoms with E-state index in [9.17, 15) is 31.1 Å². The Labute approximate surface area is 134 Å². The van der Waals surface area contributed by atoms with E-state index in [4.69, 9.17) is 4.74 Å². The van der Waals surface area contributed by atoms with Crippen LogP contribution in [0, 0.1) is 23.7 Å². The Morgan fingerprint density at radius 1 is 1.21 bits per heavy atom. The van der Waals surface area contributed by atoms with Gasteiger partial charge in [0.15, 0.2) is 0 Å². The quantitative estimate of drug-likeness (QED) is 0.439. The molecule has 2 saturated carbocycles. The number of hydrogen-bond acceptors (Lipinski definition) is 3. The van der Waals surface area contributed by atoms with Gasteiger partial charge in [0.05, 0.1) is 12.7 Å². The highest BCUT2D eigenvalue weighted by molar-refractivity contribution is 5.86. The van der Waals surface area contributed by atoms with E-state index in [1.54, 1.807) is 0 Å². The molecule has 0 aromatic heterocycles. The largest absolute Gasteiger partial charge is 0.462 e. The van der Waals surface area contributed by atoms with Crippen molar-refractivity contribution in [3.05, 3.63) is 12.2 Å². The van der Waals surface area contributed by atoms with Gasteiger partial charge < -0.3 is 9.47 Å². The van der Waals surface area contributed by atoms with Crippen molar-refractivity contribution in [2.45, 2.75) is 43.8 Å². The Hall–Kier alpha value is -1.25. The molecule has 0 aromatic rings. The van der Waals surface area contributed by atoms with Crippen LogP contribution in [0.25, 0.3) is 0 Å². The van der Waals surface area contributed by atoms with E-state index in [0.29, 0.717) is 0 Å². The van der Waals surface area contributed by atoms with Gasteiger partial charge in [-0.25, -0.2) is 4.79 Å². The number of alkyl halides is 6. The number of ether oxygens (including phenoxy) is 2. The zero-order valence-corrected chi connectivity index (χ0v) is 12.7. The maximum absolute atomic E-state index is 13.5. The van der Waals surface area contributed by atoms with Gasteiger partial charge in [-0.05, 0) is 31.6 Å². The Bertz CT molecular complexity index is 551. The van der Waals surface area contributed by atoms with Gasteiger partial charge in [0.2, 0.25) is 0 Å². The Morgan fingerprint density at radius 3 is 2.29 bits per heavy atom. The molecule has 1 aliphatic heterocycles. The SMILES string of the molecule is C=C(C)C(=O)OCC1C2CC3OC(C(F)(F)F)(C(F)(F)F)C1C3C2. The third-order valence-corrected chi connectivity index (χ3v) is 5.52. The highest BCUT2D eigenvalue weighted by Gasteiger charge is 2.84. The van der Waals surface area contributed by atoms with Crippen molar-refractivity contribution >= 4 is 5.97 Å². The van der Waals surface area contributed by atoms with E-state index in [-0.39, 0.29) is 24.3 Å². The van der Waals surface area contributed by atoms with Gasteiger partial charge in [0.25, 0.3) is 5.60 Å². The normalized spacial score (nSPS) is 36.9. The lowest BCUT2D eigenvalue weighted by Crippen LogP contribution is -2.62. The Morgan fingerprint density at radius 2 is 1.79 bits per heavy atom.